The lowest BCUT2D eigenvalue weighted by atomic mass is 9.89. The molecular formula is C82H112N20O6. The molecule has 3 saturated carbocycles. The van der Waals surface area contributed by atoms with Crippen molar-refractivity contribution in [3.63, 3.8) is 0 Å². The molecule has 3 amide bonds. The summed E-state index contributed by atoms with van der Waals surface area (Å²) in [5.74, 6) is 3.25. The van der Waals surface area contributed by atoms with E-state index >= 15 is 0 Å². The Morgan fingerprint density at radius 1 is 0.426 bits per heavy atom. The SMILES string of the molecule is CCC[C@H](C)Nc1ncc2c(C3CCN(C(=O)c4cccnc4)CC3)cn(C3CCC(O)CC3)c2n1.CCC[C@H](C)Nc1ncc2c(C3CCN(C(=O)c4cccnn4)CC3)cn(C3CCC(O)CC3)c2n1.CCC[C@H](C)Nc1ncc2c(C3CCN(C(=O)c4ncccn4)CC3)cn(C3CCC(O)CC3)c2n1. The smallest absolute Gasteiger partial charge is 0.291 e. The van der Waals surface area contributed by atoms with Crippen LogP contribution in [0.2, 0.25) is 0 Å². The van der Waals surface area contributed by atoms with Crippen LogP contribution in [0.15, 0.2) is 98.5 Å². The van der Waals surface area contributed by atoms with Gasteiger partial charge in [-0.05, 0) is 220 Å². The summed E-state index contributed by atoms with van der Waals surface area (Å²) in [6.45, 7) is 17.3. The summed E-state index contributed by atoms with van der Waals surface area (Å²) in [6.07, 6.45) is 43.0. The highest BCUT2D eigenvalue weighted by Crippen LogP contribution is 2.43. The molecule has 26 nitrogen and oxygen atoms in total. The molecule has 3 atom stereocenters. The van der Waals surface area contributed by atoms with E-state index in [0.717, 1.165) is 200 Å². The number of aliphatic hydroxyl groups is 3. The maximum Gasteiger partial charge on any atom is 0.291 e. The van der Waals surface area contributed by atoms with E-state index in [2.05, 4.69) is 125 Å². The number of pyridine rings is 1. The number of nitrogens with one attached hydrogen (secondary N) is 3. The van der Waals surface area contributed by atoms with Gasteiger partial charge in [0.05, 0.1) is 23.9 Å². The maximum absolute atomic E-state index is 12.9. The molecule has 0 spiro atoms. The zero-order chi connectivity index (χ0) is 75.2. The Balaban J connectivity index is 0.000000143. The summed E-state index contributed by atoms with van der Waals surface area (Å²) in [7, 11) is 0. The lowest BCUT2D eigenvalue weighted by molar-refractivity contribution is 0.0695. The first-order valence-corrected chi connectivity index (χ1v) is 40.4. The molecule has 6 N–H and O–H groups in total. The molecule has 26 heteroatoms. The number of hydrogen-bond acceptors (Lipinski definition) is 20. The third kappa shape index (κ3) is 18.6. The predicted molar refractivity (Wildman–Crippen MR) is 419 cm³/mol. The fourth-order valence-corrected chi connectivity index (χ4v) is 17.3. The normalized spacial score (nSPS) is 22.0. The van der Waals surface area contributed by atoms with Crippen LogP contribution in [0.4, 0.5) is 17.8 Å². The Bertz CT molecular complexity index is 3940. The van der Waals surface area contributed by atoms with Gasteiger partial charge in [0, 0.05) is 160 Å². The number of fused-ring (bicyclic) bond motifs is 3. The standard InChI is InChI=1S/C28H38N6O2.2C27H37N7O2/c1-3-5-19(2)31-28-30-17-24-25(18-34(26(24)32-28)22-7-9-23(35)10-8-22)20-11-14-33(15-12-20)27(36)21-6-4-13-29-16-21;1-3-5-18(2)31-27-30-16-22-23(17-34(25(22)32-27)20-6-8-21(35)9-7-20)19-10-14-33(15-11-19)26(36)24-28-12-4-13-29-24;1-3-5-18(2)30-27-28-16-22-23(17-34(25(22)31-27)20-7-9-21(35)10-8-20)19-11-14-33(15-12-19)26(36)24-6-4-13-29-32-24/h4,6,13,16-20,22-23,35H,3,5,7-12,14-15H2,1-2H3,(H,30,31,32);4,12-13,16-21,35H,3,5-11,14-15H2,1-2H3,(H,30,31,32);4,6,13,16-21,35H,3,5,7-12,14-15H2,1-2H3,(H,28,30,31)/t19-,22?,23?;2*18-,20?,21?/m000/s1. The Morgan fingerprint density at radius 3 is 1.13 bits per heavy atom. The number of rotatable bonds is 21. The third-order valence-corrected chi connectivity index (χ3v) is 23.4. The average Bonchev–Trinajstić information content (AvgIpc) is 1.63. The van der Waals surface area contributed by atoms with Crippen LogP contribution in [0.3, 0.4) is 0 Å². The van der Waals surface area contributed by atoms with Crippen LogP contribution in [-0.4, -0.2) is 192 Å². The Hall–Kier alpha value is -9.14. The van der Waals surface area contributed by atoms with Gasteiger partial charge in [-0.15, -0.1) is 5.10 Å². The van der Waals surface area contributed by atoms with Crippen molar-refractivity contribution in [3.8, 4) is 0 Å². The zero-order valence-electron chi connectivity index (χ0n) is 64.0. The second kappa shape index (κ2) is 36.4. The van der Waals surface area contributed by atoms with Crippen LogP contribution in [0.5, 0.6) is 0 Å². The van der Waals surface area contributed by atoms with Crippen molar-refractivity contribution in [2.45, 2.75) is 268 Å². The fraction of sp³-hybridized carbons (Fsp3) is 0.585. The van der Waals surface area contributed by atoms with Crippen LogP contribution in [0.25, 0.3) is 33.1 Å². The van der Waals surface area contributed by atoms with Gasteiger partial charge in [0.1, 0.15) is 16.9 Å². The van der Waals surface area contributed by atoms with Crippen LogP contribution >= 0.6 is 0 Å². The van der Waals surface area contributed by atoms with Gasteiger partial charge < -0.3 is 59.7 Å². The monoisotopic (exact) mass is 1470 g/mol. The number of aromatic nitrogens is 14. The Kier molecular flexibility index (Phi) is 25.9. The fourth-order valence-electron chi connectivity index (χ4n) is 17.3. The van der Waals surface area contributed by atoms with Gasteiger partial charge in [-0.3, -0.25) is 19.4 Å². The van der Waals surface area contributed by atoms with Gasteiger partial charge >= 0.3 is 0 Å². The van der Waals surface area contributed by atoms with Crippen molar-refractivity contribution in [3.05, 3.63) is 132 Å². The quantitative estimate of drug-likeness (QED) is 0.0389. The van der Waals surface area contributed by atoms with Crippen LogP contribution in [-0.2, 0) is 0 Å². The summed E-state index contributed by atoms with van der Waals surface area (Å²) in [6, 6.07) is 10.8. The number of carbonyl (C=O) groups excluding carboxylic acids is 3. The Labute approximate surface area is 634 Å². The third-order valence-electron chi connectivity index (χ3n) is 23.4. The van der Waals surface area contributed by atoms with E-state index in [1.165, 1.54) is 16.7 Å². The van der Waals surface area contributed by atoms with E-state index < -0.39 is 0 Å². The molecule has 0 radical (unpaired) electrons. The second-order valence-corrected chi connectivity index (χ2v) is 31.3. The molecule has 9 aromatic rings. The topological polar surface area (TPSA) is 314 Å². The molecule has 576 valence electrons. The molecule has 12 heterocycles. The number of carbonyl (C=O) groups is 3. The highest BCUT2D eigenvalue weighted by atomic mass is 16.3. The summed E-state index contributed by atoms with van der Waals surface area (Å²) in [4.78, 5) is 85.6. The molecular weight excluding hydrogens is 1360 g/mol. The molecule has 0 unspecified atom stereocenters. The minimum absolute atomic E-state index is 0.0509. The molecule has 6 aliphatic rings. The highest BCUT2D eigenvalue weighted by molar-refractivity contribution is 5.94. The van der Waals surface area contributed by atoms with E-state index in [4.69, 9.17) is 19.9 Å². The van der Waals surface area contributed by atoms with Crippen molar-refractivity contribution in [2.75, 3.05) is 55.2 Å². The molecule has 3 aliphatic carbocycles. The Morgan fingerprint density at radius 2 is 0.787 bits per heavy atom. The lowest BCUT2D eigenvalue weighted by Gasteiger charge is -2.32. The molecule has 108 heavy (non-hydrogen) atoms. The van der Waals surface area contributed by atoms with Gasteiger partial charge in [-0.25, -0.2) is 24.9 Å². The minimum atomic E-state index is -0.195. The lowest BCUT2D eigenvalue weighted by Crippen LogP contribution is -2.38. The van der Waals surface area contributed by atoms with Gasteiger partial charge in [-0.2, -0.15) is 20.1 Å². The van der Waals surface area contributed by atoms with Crippen LogP contribution < -0.4 is 16.0 Å². The predicted octanol–water partition coefficient (Wildman–Crippen LogP) is 13.6. The summed E-state index contributed by atoms with van der Waals surface area (Å²) in [5, 5.41) is 51.7. The van der Waals surface area contributed by atoms with Crippen molar-refractivity contribution < 1.29 is 29.7 Å². The number of hydrogen-bond donors (Lipinski definition) is 6. The molecule has 3 aliphatic heterocycles. The van der Waals surface area contributed by atoms with Crippen LogP contribution in [0.1, 0.15) is 280 Å². The van der Waals surface area contributed by atoms with E-state index in [-0.39, 0.29) is 41.9 Å². The van der Waals surface area contributed by atoms with Crippen molar-refractivity contribution in [1.82, 2.24) is 83.5 Å². The number of anilines is 3. The molecule has 0 bridgehead atoms. The molecule has 0 aromatic carbocycles. The minimum Gasteiger partial charge on any atom is -0.393 e. The number of piperidine rings is 3. The maximum atomic E-state index is 12.9. The van der Waals surface area contributed by atoms with E-state index in [1.54, 1.807) is 49.2 Å². The van der Waals surface area contributed by atoms with Crippen molar-refractivity contribution in [2.24, 2.45) is 0 Å². The molecule has 3 saturated heterocycles. The number of aliphatic hydroxyl groups excluding tert-OH is 3. The first kappa shape index (κ1) is 77.0. The summed E-state index contributed by atoms with van der Waals surface area (Å²) >= 11 is 0. The molecule has 6 fully saturated rings. The first-order chi connectivity index (χ1) is 52.6. The van der Waals surface area contributed by atoms with Crippen molar-refractivity contribution >= 4 is 68.7 Å². The van der Waals surface area contributed by atoms with Crippen LogP contribution in [0, 0.1) is 0 Å². The average molecular weight is 1470 g/mol. The number of likely N-dealkylation sites (tertiary alicyclic amines) is 3. The first-order valence-electron chi connectivity index (χ1n) is 40.4. The van der Waals surface area contributed by atoms with Gasteiger partial charge in [-0.1, -0.05) is 40.0 Å². The number of amides is 3. The second-order valence-electron chi connectivity index (χ2n) is 31.3. The zero-order valence-corrected chi connectivity index (χ0v) is 64.0. The highest BCUT2D eigenvalue weighted by Gasteiger charge is 2.35. The van der Waals surface area contributed by atoms with Gasteiger partial charge in [0.2, 0.25) is 23.7 Å². The van der Waals surface area contributed by atoms with Gasteiger partial charge in [0.25, 0.3) is 17.7 Å². The van der Waals surface area contributed by atoms with E-state index in [9.17, 15) is 29.7 Å². The number of nitrogens with zero attached hydrogens (tertiary/aromatic N) is 17. The van der Waals surface area contributed by atoms with Gasteiger partial charge in [0.15, 0.2) is 5.69 Å². The van der Waals surface area contributed by atoms with E-state index in [1.807, 2.05) is 45.4 Å². The summed E-state index contributed by atoms with van der Waals surface area (Å²) < 4.78 is 7.02. The molecule has 9 aromatic heterocycles. The molecule has 15 rings (SSSR count). The van der Waals surface area contributed by atoms with E-state index in [0.29, 0.717) is 109 Å². The van der Waals surface area contributed by atoms with Crippen molar-refractivity contribution in [1.29, 1.82) is 0 Å². The largest absolute Gasteiger partial charge is 0.393 e. The summed E-state index contributed by atoms with van der Waals surface area (Å²) in [5.41, 5.74) is 7.83.